The highest BCUT2D eigenvalue weighted by molar-refractivity contribution is 5.95. The maximum Gasteiger partial charge on any atom is 0.0539 e. The van der Waals surface area contributed by atoms with Crippen molar-refractivity contribution in [2.75, 3.05) is 5.32 Å². The van der Waals surface area contributed by atoms with Gasteiger partial charge in [-0.15, -0.1) is 0 Å². The first-order valence-corrected chi connectivity index (χ1v) is 8.93. The fourth-order valence-corrected chi connectivity index (χ4v) is 3.50. The van der Waals surface area contributed by atoms with Crippen LogP contribution < -0.4 is 5.32 Å². The number of allylic oxidation sites excluding steroid dienone is 1. The highest BCUT2D eigenvalue weighted by Crippen LogP contribution is 2.33. The molecule has 1 N–H and O–H groups in total. The summed E-state index contributed by atoms with van der Waals surface area (Å²) in [5.41, 5.74) is 7.12. The van der Waals surface area contributed by atoms with Gasteiger partial charge < -0.3 is 9.88 Å². The molecule has 3 aromatic carbocycles. The van der Waals surface area contributed by atoms with E-state index < -0.39 is 0 Å². The maximum absolute atomic E-state index is 3.50. The predicted molar refractivity (Wildman–Crippen MR) is 112 cm³/mol. The lowest BCUT2D eigenvalue weighted by atomic mass is 10.1. The van der Waals surface area contributed by atoms with Gasteiger partial charge in [-0.05, 0) is 56.3 Å². The van der Waals surface area contributed by atoms with Crippen LogP contribution in [0.15, 0.2) is 84.9 Å². The Balaban J connectivity index is 1.88. The van der Waals surface area contributed by atoms with Crippen LogP contribution in [0.5, 0.6) is 0 Å². The minimum absolute atomic E-state index is 1.10. The summed E-state index contributed by atoms with van der Waals surface area (Å²) in [6.07, 6.45) is 4.30. The summed E-state index contributed by atoms with van der Waals surface area (Å²) >= 11 is 0. The Morgan fingerprint density at radius 3 is 2.19 bits per heavy atom. The zero-order chi connectivity index (χ0) is 17.9. The second-order valence-electron chi connectivity index (χ2n) is 6.39. The lowest BCUT2D eigenvalue weighted by Gasteiger charge is -2.09. The van der Waals surface area contributed by atoms with Crippen molar-refractivity contribution < 1.29 is 0 Å². The van der Waals surface area contributed by atoms with Crippen molar-refractivity contribution in [2.24, 2.45) is 0 Å². The monoisotopic (exact) mass is 338 g/mol. The minimum Gasteiger partial charge on any atom is -0.356 e. The lowest BCUT2D eigenvalue weighted by Crippen LogP contribution is -1.96. The molecule has 0 aliphatic rings. The van der Waals surface area contributed by atoms with Crippen molar-refractivity contribution in [2.45, 2.75) is 13.8 Å². The van der Waals surface area contributed by atoms with Gasteiger partial charge in [-0.3, -0.25) is 0 Å². The number of anilines is 2. The van der Waals surface area contributed by atoms with E-state index in [1.54, 1.807) is 0 Å². The fraction of sp³-hybridized carbons (Fsp3) is 0.0833. The quantitative estimate of drug-likeness (QED) is 0.437. The Morgan fingerprint density at radius 1 is 0.808 bits per heavy atom. The molecule has 4 aromatic rings. The first kappa shape index (κ1) is 16.2. The van der Waals surface area contributed by atoms with Crippen molar-refractivity contribution >= 4 is 28.4 Å². The Labute approximate surface area is 154 Å². The molecular weight excluding hydrogens is 316 g/mol. The summed E-state index contributed by atoms with van der Waals surface area (Å²) in [5, 5.41) is 4.76. The number of benzene rings is 3. The van der Waals surface area contributed by atoms with Gasteiger partial charge in [0.1, 0.15) is 0 Å². The minimum atomic E-state index is 1.10. The fourth-order valence-electron chi connectivity index (χ4n) is 3.50. The van der Waals surface area contributed by atoms with E-state index in [0.29, 0.717) is 0 Å². The highest BCUT2D eigenvalue weighted by atomic mass is 15.0. The van der Waals surface area contributed by atoms with Crippen molar-refractivity contribution in [1.29, 1.82) is 0 Å². The van der Waals surface area contributed by atoms with Crippen LogP contribution in [0.2, 0.25) is 0 Å². The van der Waals surface area contributed by atoms with Crippen LogP contribution >= 0.6 is 0 Å². The average Bonchev–Trinajstić information content (AvgIpc) is 2.95. The molecule has 0 spiro atoms. The van der Waals surface area contributed by atoms with Crippen molar-refractivity contribution in [3.05, 3.63) is 96.2 Å². The highest BCUT2D eigenvalue weighted by Gasteiger charge is 2.14. The molecule has 4 rings (SSSR count). The second-order valence-corrected chi connectivity index (χ2v) is 6.39. The average molecular weight is 338 g/mol. The summed E-state index contributed by atoms with van der Waals surface area (Å²) < 4.78 is 2.33. The molecule has 128 valence electrons. The third-order valence-electron chi connectivity index (χ3n) is 4.66. The molecule has 0 aliphatic heterocycles. The molecule has 26 heavy (non-hydrogen) atoms. The van der Waals surface area contributed by atoms with Crippen molar-refractivity contribution in [3.63, 3.8) is 0 Å². The van der Waals surface area contributed by atoms with Crippen LogP contribution in [0.1, 0.15) is 18.2 Å². The molecule has 0 aliphatic carbocycles. The molecule has 1 heterocycles. The number of hydrogen-bond donors (Lipinski definition) is 1. The van der Waals surface area contributed by atoms with Gasteiger partial charge in [0, 0.05) is 33.7 Å². The Hall–Kier alpha value is -3.26. The second kappa shape index (κ2) is 6.93. The van der Waals surface area contributed by atoms with Gasteiger partial charge in [0.05, 0.1) is 5.52 Å². The molecule has 0 fully saturated rings. The standard InChI is InChI=1S/C24H22N2/c1-3-10-22-18(2)26(21-13-8-5-9-14-21)24-16-15-20(17-23(22)24)25-19-11-6-4-7-12-19/h3-17,25H,1-2H3/b10-3-. The summed E-state index contributed by atoms with van der Waals surface area (Å²) in [5.74, 6) is 0. The molecule has 2 heteroatoms. The van der Waals surface area contributed by atoms with Gasteiger partial charge in [0.15, 0.2) is 0 Å². The number of aromatic nitrogens is 1. The zero-order valence-corrected chi connectivity index (χ0v) is 15.1. The van der Waals surface area contributed by atoms with E-state index in [2.05, 4.69) is 96.5 Å². The summed E-state index contributed by atoms with van der Waals surface area (Å²) in [4.78, 5) is 0. The third kappa shape index (κ3) is 2.91. The van der Waals surface area contributed by atoms with E-state index in [1.165, 1.54) is 27.8 Å². The van der Waals surface area contributed by atoms with E-state index in [0.717, 1.165) is 11.4 Å². The number of hydrogen-bond acceptors (Lipinski definition) is 1. The van der Waals surface area contributed by atoms with Gasteiger partial charge in [-0.2, -0.15) is 0 Å². The van der Waals surface area contributed by atoms with Gasteiger partial charge >= 0.3 is 0 Å². The topological polar surface area (TPSA) is 17.0 Å². The van der Waals surface area contributed by atoms with Crippen LogP contribution in [0.3, 0.4) is 0 Å². The molecule has 0 radical (unpaired) electrons. The summed E-state index contributed by atoms with van der Waals surface area (Å²) in [6, 6.07) is 27.4. The van der Waals surface area contributed by atoms with Gasteiger partial charge in [-0.1, -0.05) is 48.6 Å². The predicted octanol–water partition coefficient (Wildman–Crippen LogP) is 6.72. The number of rotatable bonds is 4. The number of fused-ring (bicyclic) bond motifs is 1. The Kier molecular flexibility index (Phi) is 4.32. The van der Waals surface area contributed by atoms with E-state index in [-0.39, 0.29) is 0 Å². The molecular formula is C24H22N2. The van der Waals surface area contributed by atoms with Crippen LogP contribution in [-0.2, 0) is 0 Å². The third-order valence-corrected chi connectivity index (χ3v) is 4.66. The molecule has 0 bridgehead atoms. The number of para-hydroxylation sites is 2. The van der Waals surface area contributed by atoms with E-state index in [4.69, 9.17) is 0 Å². The van der Waals surface area contributed by atoms with Crippen LogP contribution in [-0.4, -0.2) is 4.57 Å². The van der Waals surface area contributed by atoms with Crippen LogP contribution in [0.4, 0.5) is 11.4 Å². The van der Waals surface area contributed by atoms with Gasteiger partial charge in [-0.25, -0.2) is 0 Å². The zero-order valence-electron chi connectivity index (χ0n) is 15.1. The maximum atomic E-state index is 3.50. The van der Waals surface area contributed by atoms with E-state index in [9.17, 15) is 0 Å². The van der Waals surface area contributed by atoms with E-state index in [1.807, 2.05) is 18.2 Å². The number of nitrogens with one attached hydrogen (secondary N) is 1. The van der Waals surface area contributed by atoms with Gasteiger partial charge in [0.25, 0.3) is 0 Å². The van der Waals surface area contributed by atoms with Crippen LogP contribution in [0.25, 0.3) is 22.7 Å². The van der Waals surface area contributed by atoms with Crippen molar-refractivity contribution in [1.82, 2.24) is 4.57 Å². The molecule has 0 amide bonds. The first-order valence-electron chi connectivity index (χ1n) is 8.93. The lowest BCUT2D eigenvalue weighted by molar-refractivity contribution is 1.05. The summed E-state index contributed by atoms with van der Waals surface area (Å²) in [6.45, 7) is 4.25. The molecule has 0 saturated heterocycles. The molecule has 2 nitrogen and oxygen atoms in total. The Morgan fingerprint density at radius 2 is 1.50 bits per heavy atom. The molecule has 0 atom stereocenters. The molecule has 0 saturated carbocycles. The molecule has 0 unspecified atom stereocenters. The van der Waals surface area contributed by atoms with E-state index >= 15 is 0 Å². The normalized spacial score (nSPS) is 11.3. The van der Waals surface area contributed by atoms with Crippen LogP contribution in [0, 0.1) is 6.92 Å². The SMILES string of the molecule is C/C=C\c1c(C)n(-c2ccccc2)c2ccc(Nc3ccccc3)cc12. The first-order chi connectivity index (χ1) is 12.8. The largest absolute Gasteiger partial charge is 0.356 e. The number of nitrogens with zero attached hydrogens (tertiary/aromatic N) is 1. The summed E-state index contributed by atoms with van der Waals surface area (Å²) in [7, 11) is 0. The Bertz CT molecular complexity index is 1060. The molecule has 1 aromatic heterocycles. The smallest absolute Gasteiger partial charge is 0.0539 e. The van der Waals surface area contributed by atoms with Gasteiger partial charge in [0.2, 0.25) is 0 Å². The van der Waals surface area contributed by atoms with Crippen molar-refractivity contribution in [3.8, 4) is 5.69 Å².